The second kappa shape index (κ2) is 7.04. The number of carbonyl (C=O) groups is 2. The summed E-state index contributed by atoms with van der Waals surface area (Å²) in [5.74, 6) is -0.256. The minimum Gasteiger partial charge on any atom is -0.358 e. The first-order chi connectivity index (χ1) is 9.51. The topological polar surface area (TPSA) is 102 Å². The third-order valence-corrected chi connectivity index (χ3v) is 3.70. The molecule has 0 bridgehead atoms. The smallest absolute Gasteiger partial charge is 0.241 e. The number of hydrogen-bond acceptors (Lipinski definition) is 4. The van der Waals surface area contributed by atoms with E-state index in [1.165, 1.54) is 10.9 Å². The van der Waals surface area contributed by atoms with Gasteiger partial charge in [0.25, 0.3) is 0 Å². The Bertz CT molecular complexity index is 457. The number of anilines is 1. The molecular weight excluding hydrogens is 258 g/mol. The average Bonchev–Trinajstić information content (AvgIpc) is 2.88. The van der Waals surface area contributed by atoms with Crippen LogP contribution in [0.4, 0.5) is 5.69 Å². The lowest BCUT2D eigenvalue weighted by atomic mass is 9.81. The molecule has 0 saturated carbocycles. The normalized spacial score (nSPS) is 11.2. The van der Waals surface area contributed by atoms with Gasteiger partial charge < -0.3 is 16.4 Å². The fourth-order valence-corrected chi connectivity index (χ4v) is 1.96. The zero-order chi connectivity index (χ0) is 15.2. The van der Waals surface area contributed by atoms with Crippen LogP contribution in [0, 0.1) is 5.41 Å². The van der Waals surface area contributed by atoms with E-state index in [0.29, 0.717) is 25.1 Å². The predicted molar refractivity (Wildman–Crippen MR) is 77.0 cm³/mol. The van der Waals surface area contributed by atoms with Crippen molar-refractivity contribution < 1.29 is 9.59 Å². The van der Waals surface area contributed by atoms with Crippen molar-refractivity contribution in [3.8, 4) is 0 Å². The van der Waals surface area contributed by atoms with Crippen molar-refractivity contribution in [1.29, 1.82) is 0 Å². The molecule has 2 amide bonds. The number of nitrogens with zero attached hydrogens (tertiary/aromatic N) is 2. The highest BCUT2D eigenvalue weighted by Crippen LogP contribution is 2.26. The number of hydrogen-bond donors (Lipinski definition) is 3. The van der Waals surface area contributed by atoms with Gasteiger partial charge in [0.1, 0.15) is 6.54 Å². The van der Waals surface area contributed by atoms with Crippen LogP contribution in [-0.4, -0.2) is 35.2 Å². The lowest BCUT2D eigenvalue weighted by molar-refractivity contribution is -0.125. The SMILES string of the molecule is CCC(CC)(CN)C(=O)Nc1cnn(CC(=O)NC)c1. The van der Waals surface area contributed by atoms with Crippen LogP contribution in [0.1, 0.15) is 26.7 Å². The van der Waals surface area contributed by atoms with E-state index in [1.807, 2.05) is 13.8 Å². The van der Waals surface area contributed by atoms with Crippen molar-refractivity contribution in [2.75, 3.05) is 18.9 Å². The van der Waals surface area contributed by atoms with E-state index in [2.05, 4.69) is 15.7 Å². The van der Waals surface area contributed by atoms with E-state index in [4.69, 9.17) is 5.73 Å². The fourth-order valence-electron chi connectivity index (χ4n) is 1.96. The summed E-state index contributed by atoms with van der Waals surface area (Å²) < 4.78 is 1.47. The monoisotopic (exact) mass is 281 g/mol. The van der Waals surface area contributed by atoms with Crippen molar-refractivity contribution in [2.45, 2.75) is 33.2 Å². The summed E-state index contributed by atoms with van der Waals surface area (Å²) in [6.45, 7) is 4.32. The lowest BCUT2D eigenvalue weighted by Crippen LogP contribution is -2.41. The molecule has 0 radical (unpaired) electrons. The maximum Gasteiger partial charge on any atom is 0.241 e. The van der Waals surface area contributed by atoms with Crippen molar-refractivity contribution >= 4 is 17.5 Å². The zero-order valence-corrected chi connectivity index (χ0v) is 12.3. The average molecular weight is 281 g/mol. The van der Waals surface area contributed by atoms with Crippen LogP contribution >= 0.6 is 0 Å². The van der Waals surface area contributed by atoms with Gasteiger partial charge in [-0.15, -0.1) is 0 Å². The van der Waals surface area contributed by atoms with Crippen molar-refractivity contribution in [1.82, 2.24) is 15.1 Å². The molecular formula is C13H23N5O2. The minimum absolute atomic E-state index is 0.107. The van der Waals surface area contributed by atoms with Gasteiger partial charge in [0.15, 0.2) is 0 Å². The summed E-state index contributed by atoms with van der Waals surface area (Å²) >= 11 is 0. The Hall–Kier alpha value is -1.89. The predicted octanol–water partition coefficient (Wildman–Crippen LogP) is 0.333. The molecule has 1 aromatic rings. The van der Waals surface area contributed by atoms with Crippen LogP contribution in [0.15, 0.2) is 12.4 Å². The quantitative estimate of drug-likeness (QED) is 0.670. The van der Waals surface area contributed by atoms with Crippen LogP contribution in [0.5, 0.6) is 0 Å². The standard InChI is InChI=1S/C13H23N5O2/c1-4-13(5-2,9-14)12(20)17-10-6-16-18(7-10)8-11(19)15-3/h6-7H,4-5,8-9,14H2,1-3H3,(H,15,19)(H,17,20). The molecule has 0 aromatic carbocycles. The van der Waals surface area contributed by atoms with Crippen LogP contribution in [-0.2, 0) is 16.1 Å². The summed E-state index contributed by atoms with van der Waals surface area (Å²) in [4.78, 5) is 23.5. The summed E-state index contributed by atoms with van der Waals surface area (Å²) in [6.07, 6.45) is 4.50. The Kier molecular flexibility index (Phi) is 5.69. The minimum atomic E-state index is -0.553. The third-order valence-electron chi connectivity index (χ3n) is 3.70. The maximum atomic E-state index is 12.3. The first-order valence-corrected chi connectivity index (χ1v) is 6.75. The molecule has 4 N–H and O–H groups in total. The largest absolute Gasteiger partial charge is 0.358 e. The summed E-state index contributed by atoms with van der Waals surface area (Å²) in [6, 6.07) is 0. The molecule has 0 saturated heterocycles. The van der Waals surface area contributed by atoms with Gasteiger partial charge in [0.05, 0.1) is 17.3 Å². The van der Waals surface area contributed by atoms with E-state index >= 15 is 0 Å². The molecule has 0 spiro atoms. The van der Waals surface area contributed by atoms with E-state index in [9.17, 15) is 9.59 Å². The highest BCUT2D eigenvalue weighted by atomic mass is 16.2. The lowest BCUT2D eigenvalue weighted by Gasteiger charge is -2.28. The molecule has 0 aliphatic heterocycles. The van der Waals surface area contributed by atoms with Gasteiger partial charge in [-0.2, -0.15) is 5.10 Å². The third kappa shape index (κ3) is 3.57. The molecule has 0 atom stereocenters. The van der Waals surface area contributed by atoms with Gasteiger partial charge in [-0.1, -0.05) is 13.8 Å². The van der Waals surface area contributed by atoms with Crippen LogP contribution in [0.25, 0.3) is 0 Å². The molecule has 7 nitrogen and oxygen atoms in total. The molecule has 0 unspecified atom stereocenters. The Labute approximate surface area is 118 Å². The molecule has 7 heteroatoms. The molecule has 1 heterocycles. The van der Waals surface area contributed by atoms with Crippen molar-refractivity contribution in [2.24, 2.45) is 11.1 Å². The van der Waals surface area contributed by atoms with Crippen LogP contribution in [0.3, 0.4) is 0 Å². The number of nitrogens with one attached hydrogen (secondary N) is 2. The first kappa shape index (κ1) is 16.2. The summed E-state index contributed by atoms with van der Waals surface area (Å²) in [5, 5.41) is 9.35. The van der Waals surface area contributed by atoms with Crippen LogP contribution < -0.4 is 16.4 Å². The van der Waals surface area contributed by atoms with E-state index < -0.39 is 5.41 Å². The Balaban J connectivity index is 2.73. The highest BCUT2D eigenvalue weighted by molar-refractivity contribution is 5.95. The number of nitrogens with two attached hydrogens (primary N) is 1. The molecule has 0 fully saturated rings. The fraction of sp³-hybridized carbons (Fsp3) is 0.615. The molecule has 20 heavy (non-hydrogen) atoms. The van der Waals surface area contributed by atoms with Gasteiger partial charge in [0, 0.05) is 19.8 Å². The molecule has 1 rings (SSSR count). The highest BCUT2D eigenvalue weighted by Gasteiger charge is 2.33. The first-order valence-electron chi connectivity index (χ1n) is 6.75. The van der Waals surface area contributed by atoms with Gasteiger partial charge in [-0.05, 0) is 12.8 Å². The van der Waals surface area contributed by atoms with Gasteiger partial charge in [-0.3, -0.25) is 14.3 Å². The second-order valence-electron chi connectivity index (χ2n) is 4.75. The summed E-state index contributed by atoms with van der Waals surface area (Å²) in [7, 11) is 1.56. The maximum absolute atomic E-state index is 12.3. The van der Waals surface area contributed by atoms with Crippen LogP contribution in [0.2, 0.25) is 0 Å². The van der Waals surface area contributed by atoms with Crippen molar-refractivity contribution in [3.05, 3.63) is 12.4 Å². The van der Waals surface area contributed by atoms with Gasteiger partial charge >= 0.3 is 0 Å². The van der Waals surface area contributed by atoms with Gasteiger partial charge in [0.2, 0.25) is 11.8 Å². The van der Waals surface area contributed by atoms with Gasteiger partial charge in [-0.25, -0.2) is 0 Å². The number of likely N-dealkylation sites (N-methyl/N-ethyl adjacent to an activating group) is 1. The summed E-state index contributed by atoms with van der Waals surface area (Å²) in [5.41, 5.74) is 5.75. The van der Waals surface area contributed by atoms with E-state index in [0.717, 1.165) is 0 Å². The molecule has 0 aliphatic rings. The second-order valence-corrected chi connectivity index (χ2v) is 4.75. The molecule has 112 valence electrons. The number of amides is 2. The number of rotatable bonds is 7. The van der Waals surface area contributed by atoms with E-state index in [1.54, 1.807) is 13.2 Å². The van der Waals surface area contributed by atoms with E-state index in [-0.39, 0.29) is 18.4 Å². The molecule has 1 aromatic heterocycles. The Morgan fingerprint density at radius 2 is 2.05 bits per heavy atom. The van der Waals surface area contributed by atoms with Crippen molar-refractivity contribution in [3.63, 3.8) is 0 Å². The Morgan fingerprint density at radius 3 is 2.55 bits per heavy atom. The zero-order valence-electron chi connectivity index (χ0n) is 12.3. The Morgan fingerprint density at radius 1 is 1.40 bits per heavy atom. The molecule has 0 aliphatic carbocycles. The number of aromatic nitrogens is 2. The number of carbonyl (C=O) groups excluding carboxylic acids is 2.